The van der Waals surface area contributed by atoms with Crippen LogP contribution in [-0.2, 0) is 30.7 Å². The predicted octanol–water partition coefficient (Wildman–Crippen LogP) is 3.57. The van der Waals surface area contributed by atoms with Crippen LogP contribution < -0.4 is 10.1 Å². The number of rotatable bonds is 16. The van der Waals surface area contributed by atoms with Gasteiger partial charge in [0.25, 0.3) is 0 Å². The molecular weight excluding hydrogens is 548 g/mol. The second-order valence-electron chi connectivity index (χ2n) is 10.4. The molecule has 0 saturated carbocycles. The van der Waals surface area contributed by atoms with Crippen LogP contribution in [-0.4, -0.2) is 81.4 Å². The number of Topliss-reactive ketones (excluding diaryl/α,β-unsaturated/α-hetero) is 1. The van der Waals surface area contributed by atoms with E-state index in [1.54, 1.807) is 12.1 Å². The highest BCUT2D eigenvalue weighted by molar-refractivity contribution is 7.89. The molecule has 0 bridgehead atoms. The molecule has 1 amide bonds. The van der Waals surface area contributed by atoms with Crippen LogP contribution in [0.3, 0.4) is 0 Å². The zero-order valence-corrected chi connectivity index (χ0v) is 24.8. The molecule has 41 heavy (non-hydrogen) atoms. The van der Waals surface area contributed by atoms with Crippen molar-refractivity contribution in [1.29, 1.82) is 0 Å². The van der Waals surface area contributed by atoms with E-state index < -0.39 is 28.3 Å². The number of methoxy groups -OCH3 is 1. The molecule has 0 aliphatic carbocycles. The average molecular weight is 591 g/mol. The summed E-state index contributed by atoms with van der Waals surface area (Å²) in [6.07, 6.45) is 0.0355. The molecule has 1 saturated heterocycles. The highest BCUT2D eigenvalue weighted by Gasteiger charge is 2.33. The van der Waals surface area contributed by atoms with Gasteiger partial charge in [-0.2, -0.15) is 4.31 Å². The van der Waals surface area contributed by atoms with Gasteiger partial charge in [-0.1, -0.05) is 43.7 Å². The van der Waals surface area contributed by atoms with E-state index in [0.29, 0.717) is 44.6 Å². The van der Waals surface area contributed by atoms with Gasteiger partial charge in [-0.15, -0.1) is 0 Å². The zero-order chi connectivity index (χ0) is 29.8. The molecule has 0 aromatic heterocycles. The summed E-state index contributed by atoms with van der Waals surface area (Å²) in [7, 11) is -2.55. The Morgan fingerprint density at radius 2 is 1.83 bits per heavy atom. The maximum atomic E-state index is 13.9. The molecule has 1 aliphatic heterocycles. The SMILES string of the molecule is CCC(CCC(C)=O)CN(C[C@@H](O)[C@H](Cc1ccccc1)NC(=O)O[C@H]1CCOC1)S(=O)(=O)c1ccc(OC)cc1. The lowest BCUT2D eigenvalue weighted by molar-refractivity contribution is -0.117. The molecule has 1 unspecified atom stereocenters. The number of alkyl carbamates (subject to hydrolysis) is 1. The van der Waals surface area contributed by atoms with Gasteiger partial charge in [0.1, 0.15) is 17.6 Å². The number of ketones is 1. The van der Waals surface area contributed by atoms with Gasteiger partial charge < -0.3 is 29.4 Å². The molecule has 4 atom stereocenters. The Morgan fingerprint density at radius 1 is 1.12 bits per heavy atom. The maximum absolute atomic E-state index is 13.9. The number of hydrogen-bond donors (Lipinski definition) is 2. The lowest BCUT2D eigenvalue weighted by Gasteiger charge is -2.32. The topological polar surface area (TPSA) is 131 Å². The molecule has 0 spiro atoms. The van der Waals surface area contributed by atoms with Crippen molar-refractivity contribution in [3.05, 3.63) is 60.2 Å². The fraction of sp³-hybridized carbons (Fsp3) is 0.533. The van der Waals surface area contributed by atoms with Crippen molar-refractivity contribution in [3.63, 3.8) is 0 Å². The molecule has 10 nitrogen and oxygen atoms in total. The van der Waals surface area contributed by atoms with E-state index >= 15 is 0 Å². The van der Waals surface area contributed by atoms with E-state index in [9.17, 15) is 23.1 Å². The summed E-state index contributed by atoms with van der Waals surface area (Å²) >= 11 is 0. The van der Waals surface area contributed by atoms with E-state index in [0.717, 1.165) is 5.56 Å². The van der Waals surface area contributed by atoms with Gasteiger partial charge in [0, 0.05) is 25.9 Å². The van der Waals surface area contributed by atoms with Crippen molar-refractivity contribution in [1.82, 2.24) is 9.62 Å². The second-order valence-corrected chi connectivity index (χ2v) is 12.3. The van der Waals surface area contributed by atoms with Gasteiger partial charge in [-0.25, -0.2) is 13.2 Å². The quantitative estimate of drug-likeness (QED) is 0.303. The Bertz CT molecular complexity index is 1200. The first kappa shape index (κ1) is 32.5. The van der Waals surface area contributed by atoms with Crippen LogP contribution in [0, 0.1) is 5.92 Å². The zero-order valence-electron chi connectivity index (χ0n) is 24.0. The van der Waals surface area contributed by atoms with E-state index in [2.05, 4.69) is 5.32 Å². The first-order chi connectivity index (χ1) is 19.6. The highest BCUT2D eigenvalue weighted by atomic mass is 32.2. The van der Waals surface area contributed by atoms with Crippen LogP contribution >= 0.6 is 0 Å². The monoisotopic (exact) mass is 590 g/mol. The van der Waals surface area contributed by atoms with Crippen molar-refractivity contribution in [3.8, 4) is 5.75 Å². The third-order valence-electron chi connectivity index (χ3n) is 7.26. The van der Waals surface area contributed by atoms with Gasteiger partial charge in [0.2, 0.25) is 10.0 Å². The minimum absolute atomic E-state index is 0.0337. The number of amides is 1. The standard InChI is InChI=1S/C30H42N2O8S/c1-4-23(11-10-22(2)33)19-32(41(36,37)27-14-12-25(38-3)13-15-27)20-29(34)28(18-24-8-6-5-7-9-24)31-30(35)40-26-16-17-39-21-26/h5-9,12-15,23,26,28-29,34H,4,10-11,16-21H2,1-3H3,(H,31,35)/t23?,26-,28-,29+/m0/s1. The predicted molar refractivity (Wildman–Crippen MR) is 154 cm³/mol. The molecule has 2 N–H and O–H groups in total. The summed E-state index contributed by atoms with van der Waals surface area (Å²) < 4.78 is 44.9. The van der Waals surface area contributed by atoms with Gasteiger partial charge in [0.15, 0.2) is 0 Å². The Morgan fingerprint density at radius 3 is 2.41 bits per heavy atom. The molecule has 1 aliphatic rings. The molecule has 3 rings (SSSR count). The number of benzene rings is 2. The average Bonchev–Trinajstić information content (AvgIpc) is 3.47. The molecule has 1 fully saturated rings. The minimum Gasteiger partial charge on any atom is -0.497 e. The van der Waals surface area contributed by atoms with Gasteiger partial charge >= 0.3 is 6.09 Å². The number of aliphatic hydroxyl groups excluding tert-OH is 1. The minimum atomic E-state index is -4.05. The summed E-state index contributed by atoms with van der Waals surface area (Å²) in [5.41, 5.74) is 0.860. The molecule has 0 radical (unpaired) electrons. The number of ether oxygens (including phenoxy) is 3. The van der Waals surface area contributed by atoms with E-state index in [1.807, 2.05) is 37.3 Å². The van der Waals surface area contributed by atoms with Gasteiger partial charge in [0.05, 0.1) is 37.4 Å². The number of sulfonamides is 1. The van der Waals surface area contributed by atoms with E-state index in [1.165, 1.54) is 30.5 Å². The number of nitrogens with one attached hydrogen (secondary N) is 1. The summed E-state index contributed by atoms with van der Waals surface area (Å²) in [5.74, 6) is 0.445. The number of carbonyl (C=O) groups excluding carboxylic acids is 2. The lowest BCUT2D eigenvalue weighted by Crippen LogP contribution is -2.51. The summed E-state index contributed by atoms with van der Waals surface area (Å²) in [6.45, 7) is 4.12. The highest BCUT2D eigenvalue weighted by Crippen LogP contribution is 2.24. The normalized spacial score (nSPS) is 17.5. The van der Waals surface area contributed by atoms with E-state index in [-0.39, 0.29) is 42.2 Å². The van der Waals surface area contributed by atoms with Crippen LogP contribution in [0.2, 0.25) is 0 Å². The Balaban J connectivity index is 1.86. The van der Waals surface area contributed by atoms with Crippen molar-refractivity contribution in [2.45, 2.75) is 69.1 Å². The molecule has 11 heteroatoms. The molecule has 1 heterocycles. The van der Waals surface area contributed by atoms with Crippen molar-refractivity contribution >= 4 is 21.9 Å². The molecule has 2 aromatic carbocycles. The van der Waals surface area contributed by atoms with Crippen LogP contribution in [0.25, 0.3) is 0 Å². The van der Waals surface area contributed by atoms with Gasteiger partial charge in [-0.05, 0) is 55.5 Å². The summed E-state index contributed by atoms with van der Waals surface area (Å²) in [4.78, 5) is 24.5. The lowest BCUT2D eigenvalue weighted by atomic mass is 9.98. The molecule has 226 valence electrons. The fourth-order valence-electron chi connectivity index (χ4n) is 4.72. The Kier molecular flexibility index (Phi) is 12.6. The maximum Gasteiger partial charge on any atom is 0.407 e. The van der Waals surface area contributed by atoms with Crippen LogP contribution in [0.5, 0.6) is 5.75 Å². The largest absolute Gasteiger partial charge is 0.497 e. The van der Waals surface area contributed by atoms with Crippen LogP contribution in [0.4, 0.5) is 4.79 Å². The number of aliphatic hydroxyl groups is 1. The van der Waals surface area contributed by atoms with Gasteiger partial charge in [-0.3, -0.25) is 0 Å². The number of hydrogen-bond acceptors (Lipinski definition) is 8. The molecule has 2 aromatic rings. The van der Waals surface area contributed by atoms with Crippen molar-refractivity contribution in [2.75, 3.05) is 33.4 Å². The Hall–Kier alpha value is -2.99. The van der Waals surface area contributed by atoms with Crippen LogP contribution in [0.1, 0.15) is 45.1 Å². The van der Waals surface area contributed by atoms with E-state index in [4.69, 9.17) is 14.2 Å². The summed E-state index contributed by atoms with van der Waals surface area (Å²) in [6, 6.07) is 14.5. The second kappa shape index (κ2) is 15.9. The summed E-state index contributed by atoms with van der Waals surface area (Å²) in [5, 5.41) is 14.2. The Labute approximate surface area is 243 Å². The first-order valence-electron chi connectivity index (χ1n) is 14.0. The van der Waals surface area contributed by atoms with Crippen molar-refractivity contribution in [2.24, 2.45) is 5.92 Å². The van der Waals surface area contributed by atoms with Crippen molar-refractivity contribution < 1.29 is 37.3 Å². The first-order valence-corrected chi connectivity index (χ1v) is 15.5. The smallest absolute Gasteiger partial charge is 0.407 e. The third-order valence-corrected chi connectivity index (χ3v) is 9.11. The third kappa shape index (κ3) is 10.1. The molecular formula is C30H42N2O8S. The fourth-order valence-corrected chi connectivity index (χ4v) is 6.25. The number of carbonyl (C=O) groups is 2. The van der Waals surface area contributed by atoms with Crippen LogP contribution in [0.15, 0.2) is 59.5 Å². The number of nitrogens with zero attached hydrogens (tertiary/aromatic N) is 1.